The summed E-state index contributed by atoms with van der Waals surface area (Å²) in [6, 6.07) is 13.1. The largest absolute Gasteiger partial charge is 0.397 e. The van der Waals surface area contributed by atoms with Gasteiger partial charge >= 0.3 is 0 Å². The van der Waals surface area contributed by atoms with Crippen LogP contribution >= 0.6 is 35.7 Å². The smallest absolute Gasteiger partial charge is 0.0832 e. The highest BCUT2D eigenvalue weighted by molar-refractivity contribution is 7.99. The third kappa shape index (κ3) is 6.83. The first-order valence-corrected chi connectivity index (χ1v) is 16.1. The molecule has 0 aliphatic carbocycles. The number of nitrogens with zero attached hydrogens (tertiary/aromatic N) is 2. The Hall–Kier alpha value is -1.73. The van der Waals surface area contributed by atoms with Crippen molar-refractivity contribution < 1.29 is 0 Å². The highest BCUT2D eigenvalue weighted by Crippen LogP contribution is 2.44. The van der Waals surface area contributed by atoms with Crippen LogP contribution in [0.2, 0.25) is 0 Å². The molecule has 1 atom stereocenters. The van der Waals surface area contributed by atoms with Crippen molar-refractivity contribution >= 4 is 40.6 Å². The molecule has 3 nitrogen and oxygen atoms in total. The van der Waals surface area contributed by atoms with E-state index in [4.69, 9.17) is 18.0 Å². The lowest BCUT2D eigenvalue weighted by Crippen LogP contribution is -2.35. The zero-order valence-corrected chi connectivity index (χ0v) is 25.8. The van der Waals surface area contributed by atoms with E-state index in [1.807, 2.05) is 13.8 Å². The first-order chi connectivity index (χ1) is 17.8. The molecule has 0 saturated carbocycles. The topological polar surface area (TPSA) is 32.5 Å². The number of rotatable bonds is 8. The van der Waals surface area contributed by atoms with Gasteiger partial charge in [-0.05, 0) is 68.3 Å². The normalized spacial score (nSPS) is 18.2. The monoisotopic (exact) mass is 553 g/mol. The van der Waals surface area contributed by atoms with Crippen LogP contribution in [0.3, 0.4) is 0 Å². The van der Waals surface area contributed by atoms with Gasteiger partial charge in [0.1, 0.15) is 0 Å². The lowest BCUT2D eigenvalue weighted by molar-refractivity contribution is 0.256. The van der Waals surface area contributed by atoms with Gasteiger partial charge in [0.15, 0.2) is 0 Å². The van der Waals surface area contributed by atoms with E-state index in [9.17, 15) is 0 Å². The molecule has 0 bridgehead atoms. The van der Waals surface area contributed by atoms with Crippen LogP contribution in [0.4, 0.5) is 0 Å². The van der Waals surface area contributed by atoms with Crippen molar-refractivity contribution in [1.29, 1.82) is 0 Å². The van der Waals surface area contributed by atoms with E-state index >= 15 is 0 Å². The van der Waals surface area contributed by atoms with Crippen molar-refractivity contribution in [2.75, 3.05) is 43.9 Å². The number of nitrogens with two attached hydrogens (primary N) is 1. The summed E-state index contributed by atoms with van der Waals surface area (Å²) in [6.07, 6.45) is 3.23. The molecule has 37 heavy (non-hydrogen) atoms. The van der Waals surface area contributed by atoms with Crippen LogP contribution in [0.15, 0.2) is 64.8 Å². The fourth-order valence-electron chi connectivity index (χ4n) is 5.00. The Kier molecular flexibility index (Phi) is 11.2. The van der Waals surface area contributed by atoms with Gasteiger partial charge in [-0.15, -0.1) is 11.8 Å². The van der Waals surface area contributed by atoms with Crippen LogP contribution in [0.1, 0.15) is 54.1 Å². The second-order valence-electron chi connectivity index (χ2n) is 9.54. The van der Waals surface area contributed by atoms with Crippen molar-refractivity contribution in [3.8, 4) is 0 Å². The first kappa shape index (κ1) is 29.8. The Morgan fingerprint density at radius 2 is 1.73 bits per heavy atom. The minimum Gasteiger partial charge on any atom is -0.397 e. The molecule has 1 unspecified atom stereocenters. The van der Waals surface area contributed by atoms with Crippen molar-refractivity contribution in [3.63, 3.8) is 0 Å². The zero-order valence-electron chi connectivity index (χ0n) is 23.4. The maximum absolute atomic E-state index is 6.79. The fourth-order valence-corrected chi connectivity index (χ4v) is 7.06. The number of hydrogen-bond donors (Lipinski definition) is 1. The molecule has 2 aliphatic rings. The van der Waals surface area contributed by atoms with E-state index in [1.165, 1.54) is 51.7 Å². The predicted molar refractivity (Wildman–Crippen MR) is 170 cm³/mol. The van der Waals surface area contributed by atoms with Gasteiger partial charge in [-0.2, -0.15) is 11.8 Å². The van der Waals surface area contributed by atoms with E-state index < -0.39 is 0 Å². The minimum absolute atomic E-state index is 0.0154. The Bertz CT molecular complexity index is 1130. The van der Waals surface area contributed by atoms with E-state index in [1.54, 1.807) is 11.8 Å². The van der Waals surface area contributed by atoms with E-state index in [-0.39, 0.29) is 6.04 Å². The third-order valence-electron chi connectivity index (χ3n) is 7.25. The van der Waals surface area contributed by atoms with Crippen molar-refractivity contribution in [3.05, 3.63) is 87.8 Å². The second-order valence-corrected chi connectivity index (χ2v) is 12.0. The van der Waals surface area contributed by atoms with Gasteiger partial charge in [0.25, 0.3) is 0 Å². The van der Waals surface area contributed by atoms with Gasteiger partial charge in [0, 0.05) is 41.6 Å². The van der Waals surface area contributed by atoms with Crippen LogP contribution in [-0.2, 0) is 0 Å². The zero-order chi connectivity index (χ0) is 27.1. The molecule has 2 aliphatic heterocycles. The van der Waals surface area contributed by atoms with Crippen LogP contribution in [0.5, 0.6) is 0 Å². The van der Waals surface area contributed by atoms with Crippen molar-refractivity contribution in [2.24, 2.45) is 5.73 Å². The molecule has 0 aromatic heterocycles. The minimum atomic E-state index is -0.0154. The summed E-state index contributed by atoms with van der Waals surface area (Å²) >= 11 is 9.96. The number of aryl methyl sites for hydroxylation is 2. The molecule has 1 saturated heterocycles. The number of benzene rings is 2. The Morgan fingerprint density at radius 1 is 1.08 bits per heavy atom. The van der Waals surface area contributed by atoms with Crippen molar-refractivity contribution in [1.82, 2.24) is 9.80 Å². The van der Waals surface area contributed by atoms with Gasteiger partial charge in [-0.25, -0.2) is 0 Å². The van der Waals surface area contributed by atoms with Crippen LogP contribution in [0.25, 0.3) is 0 Å². The van der Waals surface area contributed by atoms with Crippen molar-refractivity contribution in [2.45, 2.75) is 52.0 Å². The van der Waals surface area contributed by atoms with Gasteiger partial charge in [-0.1, -0.05) is 68.5 Å². The standard InChI is InChI=1S/C29H37N3S3.C2H6/c1-19-7-9-23(10-8-19)29(33)26-27(30)22(4)32(12-6-11-31-13-15-35-16-14-31)28(26)24-17-20(2)21(3)25(18-24)34-5;1-2/h7-10,17-18,28H,4,6,11-16,30H2,1-3,5H3;1-2H3. The predicted octanol–water partition coefficient (Wildman–Crippen LogP) is 7.30. The maximum atomic E-state index is 6.79. The lowest BCUT2D eigenvalue weighted by Gasteiger charge is -2.32. The third-order valence-corrected chi connectivity index (χ3v) is 9.51. The fraction of sp³-hybridized carbons (Fsp3) is 0.452. The molecule has 0 spiro atoms. The summed E-state index contributed by atoms with van der Waals surface area (Å²) in [5.74, 6) is 2.48. The van der Waals surface area contributed by atoms with E-state index in [0.717, 1.165) is 46.9 Å². The van der Waals surface area contributed by atoms with Gasteiger partial charge in [0.05, 0.1) is 22.3 Å². The molecule has 2 heterocycles. The molecule has 2 aromatic rings. The number of thioether (sulfide) groups is 2. The summed E-state index contributed by atoms with van der Waals surface area (Å²) in [6.45, 7) is 19.3. The summed E-state index contributed by atoms with van der Waals surface area (Å²) < 4.78 is 0. The number of thiocarbonyl (C=S) groups is 1. The average Bonchev–Trinajstić information content (AvgIpc) is 3.17. The van der Waals surface area contributed by atoms with Gasteiger partial charge in [0.2, 0.25) is 0 Å². The molecule has 2 aromatic carbocycles. The quantitative estimate of drug-likeness (QED) is 0.210. The van der Waals surface area contributed by atoms with Gasteiger partial charge in [-0.3, -0.25) is 0 Å². The highest BCUT2D eigenvalue weighted by Gasteiger charge is 2.37. The van der Waals surface area contributed by atoms with E-state index in [2.05, 4.69) is 91.6 Å². The van der Waals surface area contributed by atoms with Crippen LogP contribution in [-0.4, -0.2) is 58.6 Å². The molecular weight excluding hydrogens is 511 g/mol. The Morgan fingerprint density at radius 3 is 2.35 bits per heavy atom. The first-order valence-electron chi connectivity index (χ1n) is 13.3. The molecule has 0 amide bonds. The number of hydrogen-bond acceptors (Lipinski definition) is 6. The van der Waals surface area contributed by atoms with Gasteiger partial charge < -0.3 is 15.5 Å². The second kappa shape index (κ2) is 13.9. The molecule has 6 heteroatoms. The van der Waals surface area contributed by atoms with Crippen LogP contribution in [0, 0.1) is 20.8 Å². The summed E-state index contributed by atoms with van der Waals surface area (Å²) in [7, 11) is 0. The average molecular weight is 554 g/mol. The highest BCUT2D eigenvalue weighted by atomic mass is 32.2. The lowest BCUT2D eigenvalue weighted by atomic mass is 9.91. The molecule has 4 rings (SSSR count). The molecular formula is C31H43N3S3. The summed E-state index contributed by atoms with van der Waals surface area (Å²) in [4.78, 5) is 7.12. The van der Waals surface area contributed by atoms with Crippen LogP contribution < -0.4 is 5.73 Å². The molecule has 2 N–H and O–H groups in total. The van der Waals surface area contributed by atoms with E-state index in [0.29, 0.717) is 0 Å². The Labute approximate surface area is 239 Å². The molecule has 200 valence electrons. The maximum Gasteiger partial charge on any atom is 0.0832 e. The molecule has 1 fully saturated rings. The SMILES string of the molecule is C=C1C(N)=C(C(=S)c2ccc(C)cc2)C(c2cc(C)c(C)c(SC)c2)N1CCCN1CCSCC1.CC. The summed E-state index contributed by atoms with van der Waals surface area (Å²) in [5.41, 5.74) is 15.6. The Balaban J connectivity index is 0.00000186. The summed E-state index contributed by atoms with van der Waals surface area (Å²) in [5, 5.41) is 0. The molecule has 0 radical (unpaired) electrons.